The van der Waals surface area contributed by atoms with E-state index in [4.69, 9.17) is 4.74 Å². The number of hydrogen-bond acceptors (Lipinski definition) is 3. The van der Waals surface area contributed by atoms with E-state index >= 15 is 0 Å². The number of aryl methyl sites for hydroxylation is 1. The van der Waals surface area contributed by atoms with E-state index in [0.29, 0.717) is 38.3 Å². The van der Waals surface area contributed by atoms with Gasteiger partial charge in [-0.25, -0.2) is 0 Å². The number of carbonyl (C=O) groups excluding carboxylic acids is 1. The number of nitrogens with zero attached hydrogens (tertiary/aromatic N) is 2. The van der Waals surface area contributed by atoms with Gasteiger partial charge >= 0.3 is 6.18 Å². The molecule has 0 aromatic heterocycles. The Morgan fingerprint density at radius 1 is 1.16 bits per heavy atom. The summed E-state index contributed by atoms with van der Waals surface area (Å²) in [6.45, 7) is 7.08. The third kappa shape index (κ3) is 6.33. The van der Waals surface area contributed by atoms with Crippen molar-refractivity contribution in [1.82, 2.24) is 9.80 Å². The minimum atomic E-state index is -4.35. The molecule has 2 atom stereocenters. The van der Waals surface area contributed by atoms with Crippen LogP contribution in [0.4, 0.5) is 13.2 Å². The van der Waals surface area contributed by atoms with Gasteiger partial charge in [0.25, 0.3) is 0 Å². The Labute approximate surface area is 188 Å². The molecule has 0 N–H and O–H groups in total. The molecule has 2 aromatic carbocycles. The number of alkyl halides is 3. The van der Waals surface area contributed by atoms with Crippen molar-refractivity contribution in [3.8, 4) is 0 Å². The van der Waals surface area contributed by atoms with Gasteiger partial charge in [-0.15, -0.1) is 0 Å². The number of amides is 1. The first-order chi connectivity index (χ1) is 15.2. The first kappa shape index (κ1) is 24.3. The van der Waals surface area contributed by atoms with E-state index in [9.17, 15) is 18.0 Å². The summed E-state index contributed by atoms with van der Waals surface area (Å²) in [7, 11) is 1.61. The van der Waals surface area contributed by atoms with E-state index in [1.54, 1.807) is 20.1 Å². The van der Waals surface area contributed by atoms with Gasteiger partial charge in [0.05, 0.1) is 12.2 Å². The number of likely N-dealkylation sites (tertiary alicyclic amines) is 1. The smallest absolute Gasteiger partial charge is 0.383 e. The average Bonchev–Trinajstić information content (AvgIpc) is 3.13. The third-order valence-corrected chi connectivity index (χ3v) is 6.15. The van der Waals surface area contributed by atoms with Crippen LogP contribution in [0.25, 0.3) is 0 Å². The fraction of sp³-hybridized carbons (Fsp3) is 0.480. The first-order valence-corrected chi connectivity index (χ1v) is 10.9. The van der Waals surface area contributed by atoms with Crippen molar-refractivity contribution in [2.24, 2.45) is 5.92 Å². The molecule has 0 spiro atoms. The molecule has 1 amide bonds. The van der Waals surface area contributed by atoms with Crippen LogP contribution in [0.2, 0.25) is 0 Å². The molecule has 2 unspecified atom stereocenters. The highest BCUT2D eigenvalue weighted by molar-refractivity contribution is 5.73. The number of hydrogen-bond donors (Lipinski definition) is 0. The van der Waals surface area contributed by atoms with Crippen LogP contribution in [0.3, 0.4) is 0 Å². The lowest BCUT2D eigenvalue weighted by molar-refractivity contribution is -0.137. The van der Waals surface area contributed by atoms with Crippen LogP contribution >= 0.6 is 0 Å². The van der Waals surface area contributed by atoms with E-state index < -0.39 is 11.7 Å². The average molecular weight is 449 g/mol. The van der Waals surface area contributed by atoms with E-state index in [0.717, 1.165) is 12.6 Å². The van der Waals surface area contributed by atoms with Gasteiger partial charge in [-0.3, -0.25) is 9.69 Å². The molecule has 0 radical (unpaired) electrons. The van der Waals surface area contributed by atoms with Crippen LogP contribution < -0.4 is 0 Å². The van der Waals surface area contributed by atoms with Gasteiger partial charge < -0.3 is 9.64 Å². The summed E-state index contributed by atoms with van der Waals surface area (Å²) in [4.78, 5) is 16.2. The van der Waals surface area contributed by atoms with Crippen LogP contribution in [-0.4, -0.2) is 55.6 Å². The van der Waals surface area contributed by atoms with Crippen molar-refractivity contribution in [1.29, 1.82) is 0 Å². The molecule has 1 heterocycles. The molecule has 2 aromatic rings. The standard InChI is InChI=1S/C25H31F3N2O2/c1-18-7-9-21(10-8-18)24-17-29(14-20-5-4-6-23(13-20)25(26,27)28)15-22(24)16-30(19(2)31)11-12-32-3/h4-10,13,22,24H,11-12,14-17H2,1-3H3. The van der Waals surface area contributed by atoms with Crippen LogP contribution in [-0.2, 0) is 22.3 Å². The molecule has 4 nitrogen and oxygen atoms in total. The monoisotopic (exact) mass is 448 g/mol. The zero-order valence-electron chi connectivity index (χ0n) is 18.9. The maximum absolute atomic E-state index is 13.1. The Balaban J connectivity index is 1.79. The number of benzene rings is 2. The Hall–Kier alpha value is -2.38. The molecule has 3 rings (SSSR count). The fourth-order valence-corrected chi connectivity index (χ4v) is 4.43. The second-order valence-electron chi connectivity index (χ2n) is 8.63. The third-order valence-electron chi connectivity index (χ3n) is 6.15. The normalized spacial score (nSPS) is 19.3. The summed E-state index contributed by atoms with van der Waals surface area (Å²) in [5.41, 5.74) is 2.39. The van der Waals surface area contributed by atoms with Gasteiger partial charge in [-0.2, -0.15) is 13.2 Å². The van der Waals surface area contributed by atoms with Gasteiger partial charge in [0.15, 0.2) is 0 Å². The maximum atomic E-state index is 13.1. The highest BCUT2D eigenvalue weighted by atomic mass is 19.4. The lowest BCUT2D eigenvalue weighted by atomic mass is 9.88. The number of halogens is 3. The molecule has 1 aliphatic rings. The summed E-state index contributed by atoms with van der Waals surface area (Å²) in [5, 5.41) is 0. The summed E-state index contributed by atoms with van der Waals surface area (Å²) in [5.74, 6) is 0.385. The second-order valence-corrected chi connectivity index (χ2v) is 8.63. The van der Waals surface area contributed by atoms with Crippen LogP contribution in [0, 0.1) is 12.8 Å². The van der Waals surface area contributed by atoms with Gasteiger partial charge in [-0.05, 0) is 30.0 Å². The summed E-state index contributed by atoms with van der Waals surface area (Å²) in [6.07, 6.45) is -4.35. The minimum Gasteiger partial charge on any atom is -0.383 e. The molecule has 174 valence electrons. The maximum Gasteiger partial charge on any atom is 0.416 e. The van der Waals surface area contributed by atoms with Crippen LogP contribution in [0.1, 0.15) is 35.1 Å². The Morgan fingerprint density at radius 3 is 2.50 bits per heavy atom. The van der Waals surface area contributed by atoms with Crippen LogP contribution in [0.15, 0.2) is 48.5 Å². The van der Waals surface area contributed by atoms with E-state index in [-0.39, 0.29) is 17.7 Å². The second kappa shape index (κ2) is 10.5. The number of rotatable bonds is 8. The van der Waals surface area contributed by atoms with Crippen molar-refractivity contribution in [3.63, 3.8) is 0 Å². The largest absolute Gasteiger partial charge is 0.416 e. The Bertz CT molecular complexity index is 899. The molecule has 1 fully saturated rings. The molecule has 0 bridgehead atoms. The highest BCUT2D eigenvalue weighted by Crippen LogP contribution is 2.35. The zero-order valence-corrected chi connectivity index (χ0v) is 18.9. The lowest BCUT2D eigenvalue weighted by Crippen LogP contribution is -2.38. The quantitative estimate of drug-likeness (QED) is 0.586. The minimum absolute atomic E-state index is 0.000958. The van der Waals surface area contributed by atoms with Crippen molar-refractivity contribution in [2.45, 2.75) is 32.5 Å². The number of methoxy groups -OCH3 is 1. The van der Waals surface area contributed by atoms with Crippen molar-refractivity contribution in [2.75, 3.05) is 39.9 Å². The summed E-state index contributed by atoms with van der Waals surface area (Å²) >= 11 is 0. The first-order valence-electron chi connectivity index (χ1n) is 10.9. The zero-order chi connectivity index (χ0) is 23.3. The van der Waals surface area contributed by atoms with Crippen LogP contribution in [0.5, 0.6) is 0 Å². The number of carbonyl (C=O) groups is 1. The lowest BCUT2D eigenvalue weighted by Gasteiger charge is -2.27. The molecule has 0 aliphatic carbocycles. The molecule has 1 aliphatic heterocycles. The SMILES string of the molecule is COCCN(CC1CN(Cc2cccc(C(F)(F)F)c2)CC1c1ccc(C)cc1)C(C)=O. The fourth-order valence-electron chi connectivity index (χ4n) is 4.43. The molecule has 32 heavy (non-hydrogen) atoms. The molecular formula is C25H31F3N2O2. The van der Waals surface area contributed by atoms with Gasteiger partial charge in [0, 0.05) is 52.7 Å². The number of ether oxygens (including phenoxy) is 1. The van der Waals surface area contributed by atoms with E-state index in [1.165, 1.54) is 23.3 Å². The van der Waals surface area contributed by atoms with Crippen molar-refractivity contribution < 1.29 is 22.7 Å². The Morgan fingerprint density at radius 2 is 1.88 bits per heavy atom. The predicted molar refractivity (Wildman–Crippen MR) is 118 cm³/mol. The van der Waals surface area contributed by atoms with Gasteiger partial charge in [0.2, 0.25) is 5.91 Å². The van der Waals surface area contributed by atoms with Crippen molar-refractivity contribution >= 4 is 5.91 Å². The van der Waals surface area contributed by atoms with E-state index in [1.807, 2.05) is 11.8 Å². The highest BCUT2D eigenvalue weighted by Gasteiger charge is 2.36. The predicted octanol–water partition coefficient (Wildman–Crippen LogP) is 4.72. The molecule has 7 heteroatoms. The molecule has 0 saturated carbocycles. The summed E-state index contributed by atoms with van der Waals surface area (Å²) < 4.78 is 44.5. The van der Waals surface area contributed by atoms with E-state index in [2.05, 4.69) is 29.2 Å². The molecular weight excluding hydrogens is 417 g/mol. The van der Waals surface area contributed by atoms with Gasteiger partial charge in [-0.1, -0.05) is 48.0 Å². The Kier molecular flexibility index (Phi) is 7.96. The summed E-state index contributed by atoms with van der Waals surface area (Å²) in [6, 6.07) is 13.9. The topological polar surface area (TPSA) is 32.8 Å². The van der Waals surface area contributed by atoms with Crippen molar-refractivity contribution in [3.05, 3.63) is 70.8 Å². The van der Waals surface area contributed by atoms with Gasteiger partial charge in [0.1, 0.15) is 0 Å². The molecule has 1 saturated heterocycles.